The van der Waals surface area contributed by atoms with Crippen LogP contribution in [0.3, 0.4) is 0 Å². The van der Waals surface area contributed by atoms with Gasteiger partial charge in [-0.2, -0.15) is 0 Å². The topological polar surface area (TPSA) is 130 Å². The number of nitrogens with two attached hydrogens (primary N) is 1. The van der Waals surface area contributed by atoms with Gasteiger partial charge in [-0.25, -0.2) is 0 Å². The molecule has 0 aromatic heterocycles. The van der Waals surface area contributed by atoms with Crippen molar-refractivity contribution >= 4 is 23.6 Å². The number of carbonyl (C=O) groups is 4. The van der Waals surface area contributed by atoms with Crippen LogP contribution in [0.5, 0.6) is 0 Å². The van der Waals surface area contributed by atoms with Crippen LogP contribution >= 0.6 is 0 Å². The van der Waals surface area contributed by atoms with Gasteiger partial charge in [0.25, 0.3) is 0 Å². The molecule has 26 heavy (non-hydrogen) atoms. The van der Waals surface area contributed by atoms with E-state index in [9.17, 15) is 19.2 Å². The molecule has 0 aliphatic carbocycles. The summed E-state index contributed by atoms with van der Waals surface area (Å²) in [6, 6.07) is 6.52. The van der Waals surface area contributed by atoms with Crippen molar-refractivity contribution < 1.29 is 19.2 Å². The molecule has 1 heterocycles. The minimum Gasteiger partial charge on any atom is -0.368 e. The lowest BCUT2D eigenvalue weighted by atomic mass is 10.0. The first-order valence-electron chi connectivity index (χ1n) is 8.07. The molecule has 0 bridgehead atoms. The van der Waals surface area contributed by atoms with Crippen molar-refractivity contribution in [3.63, 3.8) is 0 Å². The lowest BCUT2D eigenvalue weighted by molar-refractivity contribution is -0.138. The van der Waals surface area contributed by atoms with Crippen LogP contribution in [0.4, 0.5) is 0 Å². The number of primary amides is 1. The highest BCUT2D eigenvalue weighted by Gasteiger charge is 2.35. The summed E-state index contributed by atoms with van der Waals surface area (Å²) in [7, 11) is 0. The van der Waals surface area contributed by atoms with E-state index in [0.717, 1.165) is 5.56 Å². The van der Waals surface area contributed by atoms with Crippen LogP contribution in [0.25, 0.3) is 0 Å². The molecule has 8 heteroatoms. The second-order valence-corrected chi connectivity index (χ2v) is 5.95. The van der Waals surface area contributed by atoms with Crippen molar-refractivity contribution in [2.45, 2.75) is 37.4 Å². The number of hydrogen-bond donors (Lipinski definition) is 4. The Bertz CT molecular complexity index is 741. The summed E-state index contributed by atoms with van der Waals surface area (Å²) in [6.07, 6.45) is 5.10. The Morgan fingerprint density at radius 2 is 1.77 bits per heavy atom. The first-order valence-corrected chi connectivity index (χ1v) is 8.07. The molecule has 1 fully saturated rings. The molecule has 5 N–H and O–H groups in total. The Kier molecular flexibility index (Phi) is 6.33. The Morgan fingerprint density at radius 3 is 2.38 bits per heavy atom. The maximum Gasteiger partial charge on any atom is 0.243 e. The summed E-state index contributed by atoms with van der Waals surface area (Å²) in [5, 5.41) is 7.51. The van der Waals surface area contributed by atoms with Gasteiger partial charge in [0, 0.05) is 12.8 Å². The first kappa shape index (κ1) is 19.0. The van der Waals surface area contributed by atoms with Gasteiger partial charge in [-0.3, -0.25) is 19.2 Å². The number of rotatable bonds is 7. The summed E-state index contributed by atoms with van der Waals surface area (Å²) in [5.74, 6) is 0.0272. The number of benzene rings is 1. The molecule has 2 rings (SSSR count). The Hall–Kier alpha value is -3.34. The minimum atomic E-state index is -1.02. The standard InChI is InChI=1S/C18H20N4O4/c1-2-6-12(16(19)24)20-15(23)10-14-18(26)21-13(17(25)22-14)9-11-7-4-3-5-8-11/h1,3-5,7-8,12-14H,6,9-10H2,(H2,19,24)(H,20,23)(H,21,26)(H,22,25)/t12-,13+,14+/m1/s1. The van der Waals surface area contributed by atoms with E-state index in [0.29, 0.717) is 6.42 Å². The highest BCUT2D eigenvalue weighted by molar-refractivity contribution is 5.99. The van der Waals surface area contributed by atoms with Gasteiger partial charge in [0.1, 0.15) is 18.1 Å². The van der Waals surface area contributed by atoms with Crippen molar-refractivity contribution in [1.82, 2.24) is 16.0 Å². The molecular weight excluding hydrogens is 336 g/mol. The third-order valence-electron chi connectivity index (χ3n) is 3.94. The number of nitrogens with one attached hydrogen (secondary N) is 3. The van der Waals surface area contributed by atoms with Crippen molar-refractivity contribution in [3.8, 4) is 12.3 Å². The second-order valence-electron chi connectivity index (χ2n) is 5.95. The number of amides is 4. The second kappa shape index (κ2) is 8.67. The van der Waals surface area contributed by atoms with Gasteiger partial charge in [-0.05, 0) is 5.56 Å². The average Bonchev–Trinajstić information content (AvgIpc) is 2.59. The molecule has 0 radical (unpaired) electrons. The quantitative estimate of drug-likeness (QED) is 0.447. The highest BCUT2D eigenvalue weighted by atomic mass is 16.2. The summed E-state index contributed by atoms with van der Waals surface area (Å²) in [4.78, 5) is 47.6. The molecule has 1 aromatic rings. The molecular formula is C18H20N4O4. The van der Waals surface area contributed by atoms with E-state index in [1.54, 1.807) is 0 Å². The smallest absolute Gasteiger partial charge is 0.243 e. The molecule has 1 aliphatic rings. The largest absolute Gasteiger partial charge is 0.368 e. The average molecular weight is 356 g/mol. The van der Waals surface area contributed by atoms with Gasteiger partial charge in [0.2, 0.25) is 23.6 Å². The monoisotopic (exact) mass is 356 g/mol. The molecule has 3 atom stereocenters. The molecule has 136 valence electrons. The normalized spacial score (nSPS) is 20.3. The van der Waals surface area contributed by atoms with Gasteiger partial charge in [0.05, 0.1) is 6.42 Å². The van der Waals surface area contributed by atoms with Crippen LogP contribution in [0, 0.1) is 12.3 Å². The molecule has 1 aliphatic heterocycles. The predicted octanol–water partition coefficient (Wildman–Crippen LogP) is -1.40. The zero-order valence-corrected chi connectivity index (χ0v) is 14.0. The van der Waals surface area contributed by atoms with Crippen LogP contribution in [-0.4, -0.2) is 41.8 Å². The maximum absolute atomic E-state index is 12.2. The zero-order chi connectivity index (χ0) is 19.1. The minimum absolute atomic E-state index is 0.0521. The summed E-state index contributed by atoms with van der Waals surface area (Å²) in [5.41, 5.74) is 6.05. The fourth-order valence-corrected chi connectivity index (χ4v) is 2.59. The van der Waals surface area contributed by atoms with Crippen LogP contribution < -0.4 is 21.7 Å². The number of hydrogen-bond acceptors (Lipinski definition) is 4. The molecule has 8 nitrogen and oxygen atoms in total. The van der Waals surface area contributed by atoms with Gasteiger partial charge in [0.15, 0.2) is 0 Å². The van der Waals surface area contributed by atoms with Crippen LogP contribution in [0.2, 0.25) is 0 Å². The molecule has 0 unspecified atom stereocenters. The molecule has 1 aromatic carbocycles. The zero-order valence-electron chi connectivity index (χ0n) is 14.0. The van der Waals surface area contributed by atoms with Gasteiger partial charge in [-0.1, -0.05) is 30.3 Å². The molecule has 0 saturated carbocycles. The van der Waals surface area contributed by atoms with E-state index in [2.05, 4.69) is 21.9 Å². The van der Waals surface area contributed by atoms with E-state index < -0.39 is 35.8 Å². The fraction of sp³-hybridized carbons (Fsp3) is 0.333. The van der Waals surface area contributed by atoms with Crippen molar-refractivity contribution in [2.24, 2.45) is 5.73 Å². The van der Waals surface area contributed by atoms with E-state index in [4.69, 9.17) is 12.2 Å². The fourth-order valence-electron chi connectivity index (χ4n) is 2.59. The Labute approximate surface area is 150 Å². The van der Waals surface area contributed by atoms with Crippen LogP contribution in [-0.2, 0) is 25.6 Å². The Morgan fingerprint density at radius 1 is 1.15 bits per heavy atom. The molecule has 1 saturated heterocycles. The van der Waals surface area contributed by atoms with Gasteiger partial charge >= 0.3 is 0 Å². The lowest BCUT2D eigenvalue weighted by Gasteiger charge is -2.29. The summed E-state index contributed by atoms with van der Waals surface area (Å²) in [6.45, 7) is 0. The van der Waals surface area contributed by atoms with Crippen LogP contribution in [0.1, 0.15) is 18.4 Å². The SMILES string of the molecule is C#CC[C@@H](NC(=O)C[C@@H]1NC(=O)[C@H](Cc2ccccc2)NC1=O)C(N)=O. The van der Waals surface area contributed by atoms with E-state index in [1.807, 2.05) is 30.3 Å². The Balaban J connectivity index is 1.92. The van der Waals surface area contributed by atoms with Crippen LogP contribution in [0.15, 0.2) is 30.3 Å². The third-order valence-corrected chi connectivity index (χ3v) is 3.94. The highest BCUT2D eigenvalue weighted by Crippen LogP contribution is 2.08. The number of terminal acetylenes is 1. The van der Waals surface area contributed by atoms with E-state index in [-0.39, 0.29) is 18.7 Å². The summed E-state index contributed by atoms with van der Waals surface area (Å²) < 4.78 is 0. The van der Waals surface area contributed by atoms with Gasteiger partial charge in [-0.15, -0.1) is 12.3 Å². The van der Waals surface area contributed by atoms with E-state index >= 15 is 0 Å². The van der Waals surface area contributed by atoms with Crippen molar-refractivity contribution in [1.29, 1.82) is 0 Å². The summed E-state index contributed by atoms with van der Waals surface area (Å²) >= 11 is 0. The maximum atomic E-state index is 12.2. The number of carbonyl (C=O) groups excluding carboxylic acids is 4. The molecule has 4 amide bonds. The molecule has 0 spiro atoms. The van der Waals surface area contributed by atoms with Crippen molar-refractivity contribution in [3.05, 3.63) is 35.9 Å². The van der Waals surface area contributed by atoms with E-state index in [1.165, 1.54) is 0 Å². The predicted molar refractivity (Wildman–Crippen MR) is 93.2 cm³/mol. The number of piperazine rings is 1. The third kappa shape index (κ3) is 5.08. The lowest BCUT2D eigenvalue weighted by Crippen LogP contribution is -2.63. The van der Waals surface area contributed by atoms with Gasteiger partial charge < -0.3 is 21.7 Å². The van der Waals surface area contributed by atoms with Crippen molar-refractivity contribution in [2.75, 3.05) is 0 Å². The first-order chi connectivity index (χ1) is 12.4.